The average molecular weight is 589 g/mol. The van der Waals surface area contributed by atoms with Crippen molar-refractivity contribution in [1.82, 2.24) is 15.5 Å². The number of ether oxygens (including phenoxy) is 1. The van der Waals surface area contributed by atoms with E-state index in [0.29, 0.717) is 26.1 Å². The summed E-state index contributed by atoms with van der Waals surface area (Å²) in [6.07, 6.45) is 0.982. The Balaban J connectivity index is 1.84. The van der Waals surface area contributed by atoms with Gasteiger partial charge in [-0.1, -0.05) is 55.8 Å². The van der Waals surface area contributed by atoms with Crippen LogP contribution in [-0.4, -0.2) is 66.6 Å². The van der Waals surface area contributed by atoms with E-state index < -0.39 is 24.0 Å². The summed E-state index contributed by atoms with van der Waals surface area (Å²) in [4.78, 5) is 40.8. The molecule has 0 aromatic heterocycles. The van der Waals surface area contributed by atoms with Crippen molar-refractivity contribution < 1.29 is 24.2 Å². The lowest BCUT2D eigenvalue weighted by molar-refractivity contribution is 0.0755. The molecule has 0 radical (unpaired) electrons. The number of hydrogen-bond acceptors (Lipinski definition) is 6. The Bertz CT molecular complexity index is 1390. The van der Waals surface area contributed by atoms with E-state index in [1.807, 2.05) is 69.3 Å². The van der Waals surface area contributed by atoms with Crippen LogP contribution in [0.15, 0.2) is 66.7 Å². The molecule has 3 aromatic carbocycles. The molecule has 230 valence electrons. The first-order valence-electron chi connectivity index (χ1n) is 14.8. The van der Waals surface area contributed by atoms with Crippen LogP contribution in [0.1, 0.15) is 74.5 Å². The number of benzene rings is 3. The number of nitrogens with two attached hydrogens (primary N) is 1. The second kappa shape index (κ2) is 16.4. The van der Waals surface area contributed by atoms with Gasteiger partial charge in [0.15, 0.2) is 0 Å². The number of carbonyl (C=O) groups is 3. The van der Waals surface area contributed by atoms with Gasteiger partial charge in [-0.3, -0.25) is 14.4 Å². The molecule has 0 aliphatic rings. The fourth-order valence-electron chi connectivity index (χ4n) is 4.98. The molecule has 0 bridgehead atoms. The zero-order valence-corrected chi connectivity index (χ0v) is 25.6. The van der Waals surface area contributed by atoms with Crippen LogP contribution in [0.4, 0.5) is 0 Å². The van der Waals surface area contributed by atoms with Crippen LogP contribution in [0, 0.1) is 6.92 Å². The van der Waals surface area contributed by atoms with Gasteiger partial charge in [-0.15, -0.1) is 0 Å². The standard InChI is InChI=1S/C34H44N4O5/c1-5-13-38(14-6-2)34(42)28-19-26(32(35)40)18-27(20-28)33(41)37-30(17-24-10-7-9-23(3)15-24)31(39)22-36-21-25-11-8-12-29(16-25)43-4/h7-12,15-16,18-20,30-31,36,39H,5-6,13-14,17,21-22H2,1-4H3,(H2,35,40)(H,37,41)/t30-,31+/m0/s1. The lowest BCUT2D eigenvalue weighted by Gasteiger charge is -2.25. The maximum atomic E-state index is 13.6. The van der Waals surface area contributed by atoms with E-state index in [1.54, 1.807) is 12.0 Å². The number of nitrogens with zero attached hydrogens (tertiary/aromatic N) is 1. The number of carbonyl (C=O) groups excluding carboxylic acids is 3. The number of methoxy groups -OCH3 is 1. The molecule has 0 heterocycles. The first-order chi connectivity index (χ1) is 20.6. The summed E-state index contributed by atoms with van der Waals surface area (Å²) < 4.78 is 5.29. The molecule has 0 saturated carbocycles. The molecular formula is C34H44N4O5. The number of aryl methyl sites for hydroxylation is 1. The van der Waals surface area contributed by atoms with Crippen LogP contribution < -0.4 is 21.1 Å². The van der Waals surface area contributed by atoms with Crippen LogP contribution in [0.2, 0.25) is 0 Å². The van der Waals surface area contributed by atoms with Gasteiger partial charge in [-0.05, 0) is 67.6 Å². The topological polar surface area (TPSA) is 134 Å². The summed E-state index contributed by atoms with van der Waals surface area (Å²) in [5.41, 5.74) is 9.00. The van der Waals surface area contributed by atoms with Crippen molar-refractivity contribution in [2.45, 2.75) is 58.7 Å². The quantitative estimate of drug-likeness (QED) is 0.201. The number of primary amides is 1. The highest BCUT2D eigenvalue weighted by Gasteiger charge is 2.25. The Kier molecular flexibility index (Phi) is 12.7. The number of amides is 3. The van der Waals surface area contributed by atoms with Crippen molar-refractivity contribution in [1.29, 1.82) is 0 Å². The van der Waals surface area contributed by atoms with Gasteiger partial charge in [-0.2, -0.15) is 0 Å². The summed E-state index contributed by atoms with van der Waals surface area (Å²) in [7, 11) is 1.61. The smallest absolute Gasteiger partial charge is 0.253 e. The highest BCUT2D eigenvalue weighted by Crippen LogP contribution is 2.16. The van der Waals surface area contributed by atoms with Gasteiger partial charge >= 0.3 is 0 Å². The first kappa shape index (κ1) is 33.3. The maximum Gasteiger partial charge on any atom is 0.253 e. The van der Waals surface area contributed by atoms with Crippen LogP contribution in [0.25, 0.3) is 0 Å². The average Bonchev–Trinajstić information content (AvgIpc) is 3.00. The van der Waals surface area contributed by atoms with E-state index >= 15 is 0 Å². The molecule has 0 saturated heterocycles. The molecule has 3 amide bonds. The molecule has 3 aromatic rings. The SMILES string of the molecule is CCCN(CCC)C(=O)c1cc(C(N)=O)cc(C(=O)N[C@@H](Cc2cccc(C)c2)[C@H](O)CNCc2cccc(OC)c2)c1. The van der Waals surface area contributed by atoms with Crippen LogP contribution >= 0.6 is 0 Å². The van der Waals surface area contributed by atoms with Gasteiger partial charge in [0.05, 0.1) is 19.3 Å². The minimum absolute atomic E-state index is 0.0692. The Morgan fingerprint density at radius 2 is 1.56 bits per heavy atom. The molecular weight excluding hydrogens is 544 g/mol. The second-order valence-electron chi connectivity index (χ2n) is 10.8. The fourth-order valence-corrected chi connectivity index (χ4v) is 4.98. The predicted octanol–water partition coefficient (Wildman–Crippen LogP) is 3.86. The Morgan fingerprint density at radius 3 is 2.21 bits per heavy atom. The molecule has 2 atom stereocenters. The van der Waals surface area contributed by atoms with Crippen LogP contribution in [0.3, 0.4) is 0 Å². The Labute approximate surface area is 254 Å². The third kappa shape index (κ3) is 9.94. The van der Waals surface area contributed by atoms with E-state index in [4.69, 9.17) is 10.5 Å². The van der Waals surface area contributed by atoms with Gasteiger partial charge in [0.2, 0.25) is 5.91 Å². The number of nitrogens with one attached hydrogen (secondary N) is 2. The number of aliphatic hydroxyl groups is 1. The Morgan fingerprint density at radius 1 is 0.907 bits per heavy atom. The maximum absolute atomic E-state index is 13.6. The second-order valence-corrected chi connectivity index (χ2v) is 10.8. The first-order valence-corrected chi connectivity index (χ1v) is 14.8. The highest BCUT2D eigenvalue weighted by molar-refractivity contribution is 6.04. The monoisotopic (exact) mass is 588 g/mol. The zero-order chi connectivity index (χ0) is 31.4. The number of aliphatic hydroxyl groups excluding tert-OH is 1. The van der Waals surface area contributed by atoms with Crippen molar-refractivity contribution in [3.63, 3.8) is 0 Å². The molecule has 0 unspecified atom stereocenters. The van der Waals surface area contributed by atoms with Crippen molar-refractivity contribution in [2.75, 3.05) is 26.7 Å². The molecule has 3 rings (SSSR count). The lowest BCUT2D eigenvalue weighted by Crippen LogP contribution is -2.48. The molecule has 0 spiro atoms. The Hall–Kier alpha value is -4.21. The molecule has 0 aliphatic heterocycles. The number of rotatable bonds is 16. The van der Waals surface area contributed by atoms with Crippen LogP contribution in [-0.2, 0) is 13.0 Å². The van der Waals surface area contributed by atoms with Gasteiger partial charge in [0.1, 0.15) is 5.75 Å². The van der Waals surface area contributed by atoms with Crippen molar-refractivity contribution in [3.05, 3.63) is 100 Å². The molecule has 0 fully saturated rings. The van der Waals surface area contributed by atoms with E-state index in [-0.39, 0.29) is 29.1 Å². The van der Waals surface area contributed by atoms with Crippen molar-refractivity contribution in [2.24, 2.45) is 5.73 Å². The summed E-state index contributed by atoms with van der Waals surface area (Å²) in [6.45, 7) is 7.78. The summed E-state index contributed by atoms with van der Waals surface area (Å²) in [5, 5.41) is 17.5. The van der Waals surface area contributed by atoms with E-state index in [9.17, 15) is 19.5 Å². The van der Waals surface area contributed by atoms with E-state index in [0.717, 1.165) is 35.3 Å². The van der Waals surface area contributed by atoms with Crippen LogP contribution in [0.5, 0.6) is 5.75 Å². The number of hydrogen-bond donors (Lipinski definition) is 4. The normalized spacial score (nSPS) is 12.3. The van der Waals surface area contributed by atoms with Gasteiger partial charge in [-0.25, -0.2) is 0 Å². The minimum atomic E-state index is -0.944. The zero-order valence-electron chi connectivity index (χ0n) is 25.6. The van der Waals surface area contributed by atoms with E-state index in [2.05, 4.69) is 10.6 Å². The third-order valence-corrected chi connectivity index (χ3v) is 7.14. The largest absolute Gasteiger partial charge is 0.497 e. The van der Waals surface area contributed by atoms with Gasteiger partial charge < -0.3 is 31.1 Å². The summed E-state index contributed by atoms with van der Waals surface area (Å²) >= 11 is 0. The third-order valence-electron chi connectivity index (χ3n) is 7.14. The van der Waals surface area contributed by atoms with Gasteiger partial charge in [0.25, 0.3) is 11.8 Å². The van der Waals surface area contributed by atoms with Crippen molar-refractivity contribution >= 4 is 17.7 Å². The minimum Gasteiger partial charge on any atom is -0.497 e. The molecule has 43 heavy (non-hydrogen) atoms. The predicted molar refractivity (Wildman–Crippen MR) is 168 cm³/mol. The molecule has 0 aliphatic carbocycles. The van der Waals surface area contributed by atoms with E-state index in [1.165, 1.54) is 18.2 Å². The molecule has 9 heteroatoms. The molecule has 5 N–H and O–H groups in total. The molecule has 9 nitrogen and oxygen atoms in total. The highest BCUT2D eigenvalue weighted by atomic mass is 16.5. The summed E-state index contributed by atoms with van der Waals surface area (Å²) in [6, 6.07) is 19.1. The fraction of sp³-hybridized carbons (Fsp3) is 0.382. The lowest BCUT2D eigenvalue weighted by atomic mass is 9.98. The van der Waals surface area contributed by atoms with Gasteiger partial charge in [0, 0.05) is 42.9 Å². The van der Waals surface area contributed by atoms with Crippen molar-refractivity contribution in [3.8, 4) is 5.75 Å². The summed E-state index contributed by atoms with van der Waals surface area (Å²) in [5.74, 6) is -0.773.